The van der Waals surface area contributed by atoms with Crippen molar-refractivity contribution in [3.05, 3.63) is 52.1 Å². The highest BCUT2D eigenvalue weighted by molar-refractivity contribution is 14.1. The first kappa shape index (κ1) is 15.8. The highest BCUT2D eigenvalue weighted by Gasteiger charge is 2.23. The van der Waals surface area contributed by atoms with E-state index in [1.54, 1.807) is 0 Å². The topological polar surface area (TPSA) is 46.5 Å². The fraction of sp³-hybridized carbons (Fsp3) is 0.235. The van der Waals surface area contributed by atoms with Crippen molar-refractivity contribution in [3.63, 3.8) is 0 Å². The van der Waals surface area contributed by atoms with Gasteiger partial charge in [-0.15, -0.1) is 0 Å². The first-order chi connectivity index (χ1) is 9.97. The van der Waals surface area contributed by atoms with Crippen LogP contribution >= 0.6 is 22.6 Å². The molecule has 0 aliphatic carbocycles. The van der Waals surface area contributed by atoms with E-state index < -0.39 is 12.1 Å². The van der Waals surface area contributed by atoms with Gasteiger partial charge in [0.05, 0.1) is 0 Å². The quantitative estimate of drug-likeness (QED) is 0.760. The van der Waals surface area contributed by atoms with Crippen LogP contribution in [0, 0.1) is 9.49 Å². The summed E-state index contributed by atoms with van der Waals surface area (Å²) in [5, 5.41) is 9.14. The summed E-state index contributed by atoms with van der Waals surface area (Å²) in [7, 11) is 0. The fourth-order valence-corrected chi connectivity index (χ4v) is 2.35. The van der Waals surface area contributed by atoms with Gasteiger partial charge < -0.3 is 9.84 Å². The largest absolute Gasteiger partial charge is 0.478 e. The van der Waals surface area contributed by atoms with Gasteiger partial charge >= 0.3 is 5.97 Å². The van der Waals surface area contributed by atoms with Crippen molar-refractivity contribution < 1.29 is 14.6 Å². The van der Waals surface area contributed by atoms with Crippen LogP contribution in [0.5, 0.6) is 5.75 Å². The highest BCUT2D eigenvalue weighted by atomic mass is 127. The lowest BCUT2D eigenvalue weighted by atomic mass is 10.1. The SMILES string of the molecule is CC(C)C(Oc1ccc(-c2ccc(I)cc2)cc1)C(=O)O. The Labute approximate surface area is 138 Å². The average molecular weight is 396 g/mol. The minimum absolute atomic E-state index is 0.0848. The lowest BCUT2D eigenvalue weighted by Gasteiger charge is -2.18. The van der Waals surface area contributed by atoms with Crippen molar-refractivity contribution in [2.24, 2.45) is 5.92 Å². The highest BCUT2D eigenvalue weighted by Crippen LogP contribution is 2.24. The third-order valence-corrected chi connectivity index (χ3v) is 3.86. The molecule has 2 aromatic rings. The molecule has 3 nitrogen and oxygen atoms in total. The van der Waals surface area contributed by atoms with Crippen molar-refractivity contribution in [3.8, 4) is 16.9 Å². The Hall–Kier alpha value is -1.56. The Balaban J connectivity index is 2.15. The van der Waals surface area contributed by atoms with E-state index in [0.717, 1.165) is 11.1 Å². The van der Waals surface area contributed by atoms with Crippen molar-refractivity contribution in [1.82, 2.24) is 0 Å². The number of carboxylic acid groups (broad SMARTS) is 1. The maximum Gasteiger partial charge on any atom is 0.345 e. The number of rotatable bonds is 5. The number of carboxylic acids is 1. The number of hydrogen-bond donors (Lipinski definition) is 1. The standard InChI is InChI=1S/C17H17IO3/c1-11(2)16(17(19)20)21-15-9-5-13(6-10-15)12-3-7-14(18)8-4-12/h3-11,16H,1-2H3,(H,19,20). The number of carbonyl (C=O) groups is 1. The van der Waals surface area contributed by atoms with Crippen LogP contribution in [0.1, 0.15) is 13.8 Å². The lowest BCUT2D eigenvalue weighted by Crippen LogP contribution is -2.32. The fourth-order valence-electron chi connectivity index (χ4n) is 1.99. The van der Waals surface area contributed by atoms with Gasteiger partial charge in [-0.2, -0.15) is 0 Å². The number of aliphatic carboxylic acids is 1. The minimum Gasteiger partial charge on any atom is -0.478 e. The molecule has 0 amide bonds. The Morgan fingerprint density at radius 3 is 1.90 bits per heavy atom. The summed E-state index contributed by atoms with van der Waals surface area (Å²) in [6, 6.07) is 15.7. The summed E-state index contributed by atoms with van der Waals surface area (Å²) in [4.78, 5) is 11.1. The Bertz CT molecular complexity index is 603. The van der Waals surface area contributed by atoms with Crippen molar-refractivity contribution in [2.75, 3.05) is 0 Å². The van der Waals surface area contributed by atoms with Crippen LogP contribution in [-0.2, 0) is 4.79 Å². The number of hydrogen-bond acceptors (Lipinski definition) is 2. The monoisotopic (exact) mass is 396 g/mol. The zero-order valence-electron chi connectivity index (χ0n) is 11.9. The number of benzene rings is 2. The average Bonchev–Trinajstić information content (AvgIpc) is 2.45. The van der Waals surface area contributed by atoms with Crippen LogP contribution in [-0.4, -0.2) is 17.2 Å². The molecular weight excluding hydrogens is 379 g/mol. The normalized spacial score (nSPS) is 12.2. The van der Waals surface area contributed by atoms with Crippen LogP contribution in [0.2, 0.25) is 0 Å². The molecule has 0 fully saturated rings. The summed E-state index contributed by atoms with van der Waals surface area (Å²) in [5.41, 5.74) is 2.20. The number of ether oxygens (including phenoxy) is 1. The van der Waals surface area contributed by atoms with Crippen molar-refractivity contribution >= 4 is 28.6 Å². The van der Waals surface area contributed by atoms with Gasteiger partial charge in [-0.05, 0) is 58.0 Å². The van der Waals surface area contributed by atoms with Gasteiger partial charge in [0.25, 0.3) is 0 Å². The molecule has 0 aromatic heterocycles. The van der Waals surface area contributed by atoms with Crippen molar-refractivity contribution in [2.45, 2.75) is 20.0 Å². The van der Waals surface area contributed by atoms with Crippen LogP contribution in [0.3, 0.4) is 0 Å². The molecule has 4 heteroatoms. The van der Waals surface area contributed by atoms with E-state index >= 15 is 0 Å². The molecule has 0 radical (unpaired) electrons. The van der Waals surface area contributed by atoms with Gasteiger partial charge in [0.1, 0.15) is 5.75 Å². The number of halogens is 1. The molecule has 0 spiro atoms. The van der Waals surface area contributed by atoms with Gasteiger partial charge in [0.2, 0.25) is 0 Å². The van der Waals surface area contributed by atoms with E-state index in [9.17, 15) is 4.79 Å². The van der Waals surface area contributed by atoms with Crippen LogP contribution in [0.25, 0.3) is 11.1 Å². The van der Waals surface area contributed by atoms with E-state index in [1.807, 2.05) is 38.1 Å². The Morgan fingerprint density at radius 2 is 1.48 bits per heavy atom. The summed E-state index contributed by atoms with van der Waals surface area (Å²) in [5.74, 6) is -0.449. The van der Waals surface area contributed by atoms with Crippen LogP contribution in [0.4, 0.5) is 0 Å². The van der Waals surface area contributed by atoms with Gasteiger partial charge in [-0.3, -0.25) is 0 Å². The molecule has 0 aliphatic rings. The van der Waals surface area contributed by atoms with E-state index in [4.69, 9.17) is 9.84 Å². The molecular formula is C17H17IO3. The second-order valence-corrected chi connectivity index (χ2v) is 6.40. The minimum atomic E-state index is -0.938. The first-order valence-electron chi connectivity index (χ1n) is 6.73. The Morgan fingerprint density at radius 1 is 1.00 bits per heavy atom. The molecule has 110 valence electrons. The summed E-state index contributed by atoms with van der Waals surface area (Å²) in [6.07, 6.45) is -0.825. The molecule has 2 rings (SSSR count). The maximum atomic E-state index is 11.1. The maximum absolute atomic E-state index is 11.1. The van der Waals surface area contributed by atoms with E-state index in [1.165, 1.54) is 3.57 Å². The molecule has 1 unspecified atom stereocenters. The van der Waals surface area contributed by atoms with E-state index in [2.05, 4.69) is 46.9 Å². The van der Waals surface area contributed by atoms with Crippen LogP contribution < -0.4 is 4.74 Å². The molecule has 0 saturated heterocycles. The van der Waals surface area contributed by atoms with Gasteiger partial charge in [-0.1, -0.05) is 38.1 Å². The third-order valence-electron chi connectivity index (χ3n) is 3.14. The van der Waals surface area contributed by atoms with Gasteiger partial charge in [0, 0.05) is 9.49 Å². The van der Waals surface area contributed by atoms with E-state index in [0.29, 0.717) is 5.75 Å². The van der Waals surface area contributed by atoms with Crippen molar-refractivity contribution in [1.29, 1.82) is 0 Å². The third kappa shape index (κ3) is 4.20. The van der Waals surface area contributed by atoms with Gasteiger partial charge in [0.15, 0.2) is 6.10 Å². The Kier molecular flexibility index (Phi) is 5.22. The molecule has 1 N–H and O–H groups in total. The molecule has 21 heavy (non-hydrogen) atoms. The molecule has 1 atom stereocenters. The summed E-state index contributed by atoms with van der Waals surface area (Å²) < 4.78 is 6.74. The molecule has 0 aliphatic heterocycles. The molecule has 0 saturated carbocycles. The second-order valence-electron chi connectivity index (χ2n) is 5.15. The zero-order chi connectivity index (χ0) is 15.4. The molecule has 0 bridgehead atoms. The van der Waals surface area contributed by atoms with Gasteiger partial charge in [-0.25, -0.2) is 4.79 Å². The zero-order valence-corrected chi connectivity index (χ0v) is 14.1. The summed E-state index contributed by atoms with van der Waals surface area (Å²) >= 11 is 2.27. The predicted molar refractivity (Wildman–Crippen MR) is 91.5 cm³/mol. The summed E-state index contributed by atoms with van der Waals surface area (Å²) in [6.45, 7) is 3.66. The predicted octanol–water partition coefficient (Wildman–Crippen LogP) is 4.45. The van der Waals surface area contributed by atoms with Crippen LogP contribution in [0.15, 0.2) is 48.5 Å². The molecule has 2 aromatic carbocycles. The second kappa shape index (κ2) is 6.93. The first-order valence-corrected chi connectivity index (χ1v) is 7.80. The lowest BCUT2D eigenvalue weighted by molar-refractivity contribution is -0.147. The van der Waals surface area contributed by atoms with E-state index in [-0.39, 0.29) is 5.92 Å². The molecule has 0 heterocycles. The smallest absolute Gasteiger partial charge is 0.345 e.